The monoisotopic (exact) mass is 274 g/mol. The molecule has 1 N–H and O–H groups in total. The molecule has 110 valence electrons. The van der Waals surface area contributed by atoms with Crippen molar-refractivity contribution >= 4 is 5.91 Å². The molecule has 0 bridgehead atoms. The summed E-state index contributed by atoms with van der Waals surface area (Å²) in [6.45, 7) is 11.1. The Morgan fingerprint density at radius 3 is 2.45 bits per heavy atom. The number of piperazine rings is 1. The molecule has 20 heavy (non-hydrogen) atoms. The fourth-order valence-electron chi connectivity index (χ4n) is 2.60. The van der Waals surface area contributed by atoms with Crippen LogP contribution in [0, 0.1) is 0 Å². The molecule has 3 heteroatoms. The van der Waals surface area contributed by atoms with Crippen molar-refractivity contribution in [3.8, 4) is 0 Å². The van der Waals surface area contributed by atoms with Gasteiger partial charge in [0.25, 0.3) is 0 Å². The van der Waals surface area contributed by atoms with Gasteiger partial charge in [-0.1, -0.05) is 52.0 Å². The average Bonchev–Trinajstić information content (AvgIpc) is 2.41. The molecule has 0 radical (unpaired) electrons. The van der Waals surface area contributed by atoms with Gasteiger partial charge in [0, 0.05) is 19.6 Å². The van der Waals surface area contributed by atoms with Crippen LogP contribution in [0.4, 0.5) is 0 Å². The largest absolute Gasteiger partial charge is 0.336 e. The number of hydrogen-bond donors (Lipinski definition) is 1. The molecule has 1 aromatic rings. The number of carbonyl (C=O) groups is 1. The highest BCUT2D eigenvalue weighted by atomic mass is 16.2. The smallest absolute Gasteiger partial charge is 0.240 e. The van der Waals surface area contributed by atoms with E-state index in [-0.39, 0.29) is 17.4 Å². The first-order chi connectivity index (χ1) is 9.41. The molecule has 0 saturated carbocycles. The van der Waals surface area contributed by atoms with Crippen LogP contribution in [0.1, 0.15) is 45.2 Å². The van der Waals surface area contributed by atoms with Gasteiger partial charge in [-0.15, -0.1) is 0 Å². The number of rotatable bonds is 3. The molecule has 0 aliphatic carbocycles. The summed E-state index contributed by atoms with van der Waals surface area (Å²) in [5.74, 6) is 0.235. The fourth-order valence-corrected chi connectivity index (χ4v) is 2.60. The van der Waals surface area contributed by atoms with Gasteiger partial charge in [-0.2, -0.15) is 0 Å². The minimum Gasteiger partial charge on any atom is -0.336 e. The summed E-state index contributed by atoms with van der Waals surface area (Å²) in [6.07, 6.45) is 0.859. The topological polar surface area (TPSA) is 32.3 Å². The van der Waals surface area contributed by atoms with Crippen LogP contribution in [0.25, 0.3) is 0 Å². The SMILES string of the molecule is CCC1NCCN(Cc2ccc(C(C)(C)C)cc2)C1=O. The zero-order chi connectivity index (χ0) is 14.8. The quantitative estimate of drug-likeness (QED) is 0.919. The van der Waals surface area contributed by atoms with E-state index >= 15 is 0 Å². The lowest BCUT2D eigenvalue weighted by molar-refractivity contribution is -0.136. The van der Waals surface area contributed by atoms with Crippen LogP contribution in [-0.2, 0) is 16.8 Å². The Labute approximate surface area is 122 Å². The van der Waals surface area contributed by atoms with Gasteiger partial charge in [-0.25, -0.2) is 0 Å². The van der Waals surface area contributed by atoms with E-state index in [9.17, 15) is 4.79 Å². The molecule has 1 unspecified atom stereocenters. The fraction of sp³-hybridized carbons (Fsp3) is 0.588. The Balaban J connectivity index is 2.04. The molecule has 1 amide bonds. The molecule has 1 aliphatic heterocycles. The Morgan fingerprint density at radius 1 is 1.25 bits per heavy atom. The number of hydrogen-bond acceptors (Lipinski definition) is 2. The van der Waals surface area contributed by atoms with Gasteiger partial charge in [-0.05, 0) is 23.0 Å². The summed E-state index contributed by atoms with van der Waals surface area (Å²) in [4.78, 5) is 14.2. The zero-order valence-corrected chi connectivity index (χ0v) is 13.1. The molecule has 1 saturated heterocycles. The molecule has 1 aromatic carbocycles. The highest BCUT2D eigenvalue weighted by molar-refractivity contribution is 5.82. The van der Waals surface area contributed by atoms with Crippen molar-refractivity contribution in [2.45, 2.75) is 52.1 Å². The number of carbonyl (C=O) groups excluding carboxylic acids is 1. The molecule has 1 fully saturated rings. The van der Waals surface area contributed by atoms with Crippen molar-refractivity contribution in [3.05, 3.63) is 35.4 Å². The molecule has 1 aliphatic rings. The molecule has 0 aromatic heterocycles. The van der Waals surface area contributed by atoms with E-state index in [0.29, 0.717) is 0 Å². The second-order valence-corrected chi connectivity index (χ2v) is 6.62. The van der Waals surface area contributed by atoms with Gasteiger partial charge in [-0.3, -0.25) is 4.79 Å². The third kappa shape index (κ3) is 3.40. The number of nitrogens with zero attached hydrogens (tertiary/aromatic N) is 1. The highest BCUT2D eigenvalue weighted by Crippen LogP contribution is 2.22. The third-order valence-corrected chi connectivity index (χ3v) is 3.98. The van der Waals surface area contributed by atoms with Crippen molar-refractivity contribution in [3.63, 3.8) is 0 Å². The number of benzene rings is 1. The maximum absolute atomic E-state index is 12.3. The van der Waals surface area contributed by atoms with E-state index in [4.69, 9.17) is 0 Å². The molecular formula is C17H26N2O. The standard InChI is InChI=1S/C17H26N2O/c1-5-15-16(20)19(11-10-18-15)12-13-6-8-14(9-7-13)17(2,3)4/h6-9,15,18H,5,10-12H2,1-4H3. The van der Waals surface area contributed by atoms with Crippen LogP contribution in [-0.4, -0.2) is 29.9 Å². The first kappa shape index (κ1) is 15.0. The van der Waals surface area contributed by atoms with Crippen LogP contribution in [0.5, 0.6) is 0 Å². The van der Waals surface area contributed by atoms with Crippen molar-refractivity contribution in [1.29, 1.82) is 0 Å². The lowest BCUT2D eigenvalue weighted by Crippen LogP contribution is -2.54. The van der Waals surface area contributed by atoms with E-state index in [1.54, 1.807) is 0 Å². The Kier molecular flexibility index (Phi) is 4.48. The summed E-state index contributed by atoms with van der Waals surface area (Å²) in [5, 5.41) is 3.27. The maximum atomic E-state index is 12.3. The maximum Gasteiger partial charge on any atom is 0.240 e. The minimum atomic E-state index is -0.00222. The minimum absolute atomic E-state index is 0.00222. The van der Waals surface area contributed by atoms with Crippen molar-refractivity contribution in [2.24, 2.45) is 0 Å². The van der Waals surface area contributed by atoms with E-state index in [1.165, 1.54) is 11.1 Å². The van der Waals surface area contributed by atoms with Crippen LogP contribution in [0.15, 0.2) is 24.3 Å². The Morgan fingerprint density at radius 2 is 1.90 bits per heavy atom. The zero-order valence-electron chi connectivity index (χ0n) is 13.1. The summed E-state index contributed by atoms with van der Waals surface area (Å²) in [7, 11) is 0. The second kappa shape index (κ2) is 5.96. The first-order valence-electron chi connectivity index (χ1n) is 7.53. The van der Waals surface area contributed by atoms with Crippen molar-refractivity contribution in [1.82, 2.24) is 10.2 Å². The van der Waals surface area contributed by atoms with Gasteiger partial charge in [0.1, 0.15) is 0 Å². The summed E-state index contributed by atoms with van der Waals surface area (Å²) in [5.41, 5.74) is 2.72. The Hall–Kier alpha value is -1.35. The second-order valence-electron chi connectivity index (χ2n) is 6.62. The van der Waals surface area contributed by atoms with Crippen LogP contribution < -0.4 is 5.32 Å². The van der Waals surface area contributed by atoms with Gasteiger partial charge in [0.2, 0.25) is 5.91 Å². The van der Waals surface area contributed by atoms with E-state index in [0.717, 1.165) is 26.1 Å². The molecule has 3 nitrogen and oxygen atoms in total. The molecule has 2 rings (SSSR count). The predicted molar refractivity (Wildman–Crippen MR) is 82.6 cm³/mol. The summed E-state index contributed by atoms with van der Waals surface area (Å²) < 4.78 is 0. The van der Waals surface area contributed by atoms with Gasteiger partial charge in [0.15, 0.2) is 0 Å². The lowest BCUT2D eigenvalue weighted by atomic mass is 9.87. The van der Waals surface area contributed by atoms with Crippen LogP contribution in [0.2, 0.25) is 0 Å². The Bertz CT molecular complexity index is 459. The van der Waals surface area contributed by atoms with Gasteiger partial charge in [0.05, 0.1) is 6.04 Å². The first-order valence-corrected chi connectivity index (χ1v) is 7.53. The molecule has 0 spiro atoms. The van der Waals surface area contributed by atoms with Crippen LogP contribution >= 0.6 is 0 Å². The number of amides is 1. The van der Waals surface area contributed by atoms with E-state index < -0.39 is 0 Å². The number of nitrogens with one attached hydrogen (secondary N) is 1. The molecule has 1 atom stereocenters. The normalized spacial score (nSPS) is 20.3. The molecular weight excluding hydrogens is 248 g/mol. The van der Waals surface area contributed by atoms with Gasteiger partial charge < -0.3 is 10.2 Å². The van der Waals surface area contributed by atoms with Gasteiger partial charge >= 0.3 is 0 Å². The van der Waals surface area contributed by atoms with E-state index in [2.05, 4.69) is 57.3 Å². The average molecular weight is 274 g/mol. The lowest BCUT2D eigenvalue weighted by Gasteiger charge is -2.33. The highest BCUT2D eigenvalue weighted by Gasteiger charge is 2.26. The van der Waals surface area contributed by atoms with E-state index in [1.807, 2.05) is 4.90 Å². The van der Waals surface area contributed by atoms with Crippen molar-refractivity contribution in [2.75, 3.05) is 13.1 Å². The molecule has 1 heterocycles. The third-order valence-electron chi connectivity index (χ3n) is 3.98. The summed E-state index contributed by atoms with van der Waals surface area (Å²) in [6, 6.07) is 8.66. The van der Waals surface area contributed by atoms with Crippen molar-refractivity contribution < 1.29 is 4.79 Å². The predicted octanol–water partition coefficient (Wildman–Crippen LogP) is 2.69. The van der Waals surface area contributed by atoms with Crippen LogP contribution in [0.3, 0.4) is 0 Å². The summed E-state index contributed by atoms with van der Waals surface area (Å²) >= 11 is 0.